The van der Waals surface area contributed by atoms with Crippen molar-refractivity contribution in [1.29, 1.82) is 5.26 Å². The van der Waals surface area contributed by atoms with Gasteiger partial charge in [-0.15, -0.1) is 0 Å². The summed E-state index contributed by atoms with van der Waals surface area (Å²) in [6.07, 6.45) is 2.19. The Balaban J connectivity index is 1.98. The number of hydrogen-bond donors (Lipinski definition) is 1. The van der Waals surface area contributed by atoms with Crippen LogP contribution < -0.4 is 20.3 Å². The fourth-order valence-corrected chi connectivity index (χ4v) is 4.81. The maximum Gasteiger partial charge on any atom is 0.355 e. The normalized spacial score (nSPS) is 17.7. The summed E-state index contributed by atoms with van der Waals surface area (Å²) in [6, 6.07) is 16.4. The maximum absolute atomic E-state index is 13.2. The van der Waals surface area contributed by atoms with Gasteiger partial charge in [0.25, 0.3) is 0 Å². The summed E-state index contributed by atoms with van der Waals surface area (Å²) in [5, 5.41) is 10.2. The van der Waals surface area contributed by atoms with Crippen LogP contribution in [0.5, 0.6) is 5.75 Å². The minimum atomic E-state index is -0.917. The smallest absolute Gasteiger partial charge is 0.355 e. The van der Waals surface area contributed by atoms with Crippen molar-refractivity contribution in [3.63, 3.8) is 0 Å². The van der Waals surface area contributed by atoms with Gasteiger partial charge in [0, 0.05) is 19.2 Å². The van der Waals surface area contributed by atoms with Gasteiger partial charge in [0.15, 0.2) is 0 Å². The first-order valence-electron chi connectivity index (χ1n) is 11.5. The van der Waals surface area contributed by atoms with E-state index in [1.54, 1.807) is 43.5 Å². The third-order valence-corrected chi connectivity index (χ3v) is 6.48. The van der Waals surface area contributed by atoms with Crippen LogP contribution in [0.1, 0.15) is 24.3 Å². The number of ether oxygens (including phenoxy) is 3. The van der Waals surface area contributed by atoms with Gasteiger partial charge in [-0.1, -0.05) is 30.3 Å². The van der Waals surface area contributed by atoms with Crippen molar-refractivity contribution in [3.05, 3.63) is 76.8 Å². The summed E-state index contributed by atoms with van der Waals surface area (Å²) in [5.74, 6) is -1.89. The lowest BCUT2D eigenvalue weighted by Crippen LogP contribution is -2.40. The van der Waals surface area contributed by atoms with Gasteiger partial charge in [-0.2, -0.15) is 5.26 Å². The summed E-state index contributed by atoms with van der Waals surface area (Å²) in [6.45, 7) is 1.83. The zero-order valence-corrected chi connectivity index (χ0v) is 20.5. The lowest BCUT2D eigenvalue weighted by molar-refractivity contribution is -0.139. The second-order valence-electron chi connectivity index (χ2n) is 8.39. The van der Waals surface area contributed by atoms with Crippen LogP contribution in [0.2, 0.25) is 0 Å². The van der Waals surface area contributed by atoms with Crippen LogP contribution in [0.3, 0.4) is 0 Å². The van der Waals surface area contributed by atoms with Crippen LogP contribution in [0.25, 0.3) is 0 Å². The molecule has 2 N–H and O–H groups in total. The third-order valence-electron chi connectivity index (χ3n) is 6.48. The van der Waals surface area contributed by atoms with Gasteiger partial charge in [0.2, 0.25) is 0 Å². The van der Waals surface area contributed by atoms with Crippen molar-refractivity contribution in [2.75, 3.05) is 44.2 Å². The van der Waals surface area contributed by atoms with E-state index in [4.69, 9.17) is 19.9 Å². The molecule has 0 aromatic heterocycles. The number of methoxy groups -OCH3 is 3. The maximum atomic E-state index is 13.2. The third kappa shape index (κ3) is 4.22. The van der Waals surface area contributed by atoms with E-state index in [2.05, 4.69) is 11.0 Å². The second kappa shape index (κ2) is 10.4. The number of carbonyl (C=O) groups is 2. The van der Waals surface area contributed by atoms with Crippen LogP contribution in [0.15, 0.2) is 71.2 Å². The topological polar surface area (TPSA) is 118 Å². The van der Waals surface area contributed by atoms with Gasteiger partial charge in [0.1, 0.15) is 17.3 Å². The number of nitrogens with zero attached hydrogens (tertiary/aromatic N) is 3. The van der Waals surface area contributed by atoms with Crippen molar-refractivity contribution in [3.8, 4) is 11.8 Å². The molecule has 1 unspecified atom stereocenters. The number of rotatable bonds is 6. The number of nitrogens with two attached hydrogens (primary N) is 1. The fourth-order valence-electron chi connectivity index (χ4n) is 4.81. The Morgan fingerprint density at radius 2 is 1.67 bits per heavy atom. The van der Waals surface area contributed by atoms with Crippen LogP contribution in [0.4, 0.5) is 11.4 Å². The number of anilines is 2. The van der Waals surface area contributed by atoms with Gasteiger partial charge >= 0.3 is 11.9 Å². The fraction of sp³-hybridized carbons (Fsp3) is 0.296. The monoisotopic (exact) mass is 488 g/mol. The molecule has 0 spiro atoms. The summed E-state index contributed by atoms with van der Waals surface area (Å²) >= 11 is 0. The van der Waals surface area contributed by atoms with E-state index in [9.17, 15) is 14.9 Å². The molecule has 2 heterocycles. The lowest BCUT2D eigenvalue weighted by Gasteiger charge is -2.36. The summed E-state index contributed by atoms with van der Waals surface area (Å²) < 4.78 is 15.8. The van der Waals surface area contributed by atoms with E-state index in [-0.39, 0.29) is 22.7 Å². The van der Waals surface area contributed by atoms with Crippen molar-refractivity contribution < 1.29 is 23.8 Å². The first-order valence-corrected chi connectivity index (χ1v) is 11.5. The Labute approximate surface area is 209 Å². The van der Waals surface area contributed by atoms with Gasteiger partial charge < -0.3 is 24.8 Å². The largest absolute Gasteiger partial charge is 0.495 e. The zero-order valence-electron chi connectivity index (χ0n) is 20.5. The predicted octanol–water partition coefficient (Wildman–Crippen LogP) is 3.19. The van der Waals surface area contributed by atoms with Gasteiger partial charge in [-0.05, 0) is 30.5 Å². The van der Waals surface area contributed by atoms with E-state index in [0.29, 0.717) is 17.0 Å². The number of allylic oxidation sites excluding steroid dienone is 1. The molecule has 2 aliphatic rings. The molecule has 0 radical (unpaired) electrons. The number of carbonyl (C=O) groups excluding carboxylic acids is 2. The summed E-state index contributed by atoms with van der Waals surface area (Å²) in [4.78, 5) is 29.9. The molecular weight excluding hydrogens is 460 g/mol. The highest BCUT2D eigenvalue weighted by Gasteiger charge is 2.43. The Kier molecular flexibility index (Phi) is 7.15. The minimum Gasteiger partial charge on any atom is -0.495 e. The van der Waals surface area contributed by atoms with Crippen LogP contribution in [-0.2, 0) is 19.1 Å². The zero-order chi connectivity index (χ0) is 25.8. The SMILES string of the molecule is COC(=O)C1=C(C(=O)OC)N(c2ccc(N3CCCC3)c(OC)c2)C(N)=C(C#N)C1c1ccccc1. The Morgan fingerprint density at radius 1 is 1.00 bits per heavy atom. The van der Waals surface area contributed by atoms with E-state index < -0.39 is 17.9 Å². The molecule has 4 rings (SSSR count). The molecule has 2 aliphatic heterocycles. The summed E-state index contributed by atoms with van der Waals surface area (Å²) in [5.41, 5.74) is 8.48. The van der Waals surface area contributed by atoms with Crippen molar-refractivity contribution in [2.24, 2.45) is 5.73 Å². The average molecular weight is 489 g/mol. The van der Waals surface area contributed by atoms with E-state index >= 15 is 0 Å². The van der Waals surface area contributed by atoms with Gasteiger partial charge in [-0.25, -0.2) is 9.59 Å². The van der Waals surface area contributed by atoms with E-state index in [1.165, 1.54) is 19.1 Å². The molecule has 1 fully saturated rings. The number of benzene rings is 2. The van der Waals surface area contributed by atoms with Gasteiger partial charge in [0.05, 0.1) is 55.8 Å². The molecule has 9 heteroatoms. The van der Waals surface area contributed by atoms with Crippen molar-refractivity contribution >= 4 is 23.3 Å². The minimum absolute atomic E-state index is 0.00961. The molecular formula is C27H28N4O5. The second-order valence-corrected chi connectivity index (χ2v) is 8.39. The summed E-state index contributed by atoms with van der Waals surface area (Å²) in [7, 11) is 4.01. The molecule has 1 saturated heterocycles. The molecule has 9 nitrogen and oxygen atoms in total. The molecule has 0 saturated carbocycles. The van der Waals surface area contributed by atoms with E-state index in [1.807, 2.05) is 12.1 Å². The first-order chi connectivity index (χ1) is 17.5. The van der Waals surface area contributed by atoms with Crippen molar-refractivity contribution in [1.82, 2.24) is 0 Å². The standard InChI is InChI=1S/C27H28N4O5/c1-34-21-15-18(11-12-20(21)30-13-7-8-14-30)31-24(27(33)36-3)23(26(32)35-2)22(19(16-28)25(31)29)17-9-5-4-6-10-17/h4-6,9-12,15,22H,7-8,13-14,29H2,1-3H3. The highest BCUT2D eigenvalue weighted by atomic mass is 16.5. The Bertz CT molecular complexity index is 1270. The average Bonchev–Trinajstić information content (AvgIpc) is 3.46. The predicted molar refractivity (Wildman–Crippen MR) is 134 cm³/mol. The number of nitriles is 1. The molecule has 0 bridgehead atoms. The Hall–Kier alpha value is -4.45. The lowest BCUT2D eigenvalue weighted by atomic mass is 9.81. The molecule has 2 aromatic rings. The number of esters is 2. The Morgan fingerprint density at radius 3 is 2.25 bits per heavy atom. The molecule has 186 valence electrons. The molecule has 1 atom stereocenters. The van der Waals surface area contributed by atoms with Crippen LogP contribution >= 0.6 is 0 Å². The number of hydrogen-bond acceptors (Lipinski definition) is 9. The highest BCUT2D eigenvalue weighted by Crippen LogP contribution is 2.44. The quantitative estimate of drug-likeness (QED) is 0.612. The van der Waals surface area contributed by atoms with Gasteiger partial charge in [-0.3, -0.25) is 4.90 Å². The molecule has 36 heavy (non-hydrogen) atoms. The van der Waals surface area contributed by atoms with Crippen LogP contribution in [-0.4, -0.2) is 46.4 Å². The molecule has 0 aliphatic carbocycles. The first kappa shape index (κ1) is 24.7. The molecule has 0 amide bonds. The highest BCUT2D eigenvalue weighted by molar-refractivity contribution is 6.06. The molecule has 2 aromatic carbocycles. The van der Waals surface area contributed by atoms with Crippen LogP contribution in [0, 0.1) is 11.3 Å². The van der Waals surface area contributed by atoms with E-state index in [0.717, 1.165) is 31.6 Å². The van der Waals surface area contributed by atoms with Crippen molar-refractivity contribution in [2.45, 2.75) is 18.8 Å².